The number of anilines is 2. The molecule has 1 aliphatic carbocycles. The quantitative estimate of drug-likeness (QED) is 0.254. The number of nitrogens with one attached hydrogen (secondary N) is 1. The van der Waals surface area contributed by atoms with Crippen molar-refractivity contribution in [3.05, 3.63) is 74.8 Å². The first-order chi connectivity index (χ1) is 16.9. The van der Waals surface area contributed by atoms with E-state index in [1.165, 1.54) is 23.9 Å². The fourth-order valence-corrected chi connectivity index (χ4v) is 5.57. The third kappa shape index (κ3) is 4.92. The summed E-state index contributed by atoms with van der Waals surface area (Å²) in [5.41, 5.74) is 8.74. The van der Waals surface area contributed by atoms with E-state index < -0.39 is 18.2 Å². The van der Waals surface area contributed by atoms with Crippen LogP contribution in [0.1, 0.15) is 34.3 Å². The molecule has 10 heteroatoms. The average Bonchev–Trinajstić information content (AvgIpc) is 3.48. The smallest absolute Gasteiger partial charge is 0.199 e. The number of nitrogen functional groups attached to an aromatic ring is 1. The van der Waals surface area contributed by atoms with Crippen molar-refractivity contribution < 1.29 is 15.0 Å². The molecular formula is C25H24BrN5O3S. The highest BCUT2D eigenvalue weighted by atomic mass is 79.9. The van der Waals surface area contributed by atoms with Gasteiger partial charge in [-0.3, -0.25) is 4.79 Å². The Balaban J connectivity index is 1.27. The number of aliphatic hydroxyl groups is 2. The van der Waals surface area contributed by atoms with Crippen molar-refractivity contribution >= 4 is 55.6 Å². The van der Waals surface area contributed by atoms with E-state index in [9.17, 15) is 15.0 Å². The van der Waals surface area contributed by atoms with Gasteiger partial charge in [0.05, 0.1) is 27.7 Å². The van der Waals surface area contributed by atoms with E-state index in [2.05, 4.69) is 36.2 Å². The number of rotatable bonds is 7. The fourth-order valence-electron chi connectivity index (χ4n) is 4.60. The molecule has 0 aliphatic heterocycles. The van der Waals surface area contributed by atoms with Crippen LogP contribution < -0.4 is 11.1 Å². The summed E-state index contributed by atoms with van der Waals surface area (Å²) in [5, 5.41) is 29.3. The minimum absolute atomic E-state index is 0.112. The number of fused-ring (bicyclic) bond motifs is 1. The van der Waals surface area contributed by atoms with Crippen molar-refractivity contribution in [1.82, 2.24) is 15.0 Å². The van der Waals surface area contributed by atoms with Crippen LogP contribution in [0.2, 0.25) is 0 Å². The second kappa shape index (κ2) is 9.98. The molecule has 0 bridgehead atoms. The Kier molecular flexibility index (Phi) is 6.79. The number of hydrogen-bond acceptors (Lipinski definition) is 9. The summed E-state index contributed by atoms with van der Waals surface area (Å²) in [6.07, 6.45) is 2.95. The van der Waals surface area contributed by atoms with Gasteiger partial charge in [-0.2, -0.15) is 11.3 Å². The number of carbonyl (C=O) groups is 1. The predicted molar refractivity (Wildman–Crippen MR) is 139 cm³/mol. The minimum Gasteiger partial charge on any atom is -0.390 e. The Morgan fingerprint density at radius 3 is 2.89 bits per heavy atom. The molecule has 0 unspecified atom stereocenters. The number of pyridine rings is 1. The summed E-state index contributed by atoms with van der Waals surface area (Å²) in [5.74, 6) is 0.507. The van der Waals surface area contributed by atoms with Crippen LogP contribution >= 0.6 is 27.3 Å². The summed E-state index contributed by atoms with van der Waals surface area (Å²) in [6, 6.07) is 9.32. The molecule has 1 aromatic carbocycles. The van der Waals surface area contributed by atoms with Crippen LogP contribution in [-0.4, -0.2) is 49.2 Å². The van der Waals surface area contributed by atoms with Crippen LogP contribution in [0.5, 0.6) is 0 Å². The topological polar surface area (TPSA) is 134 Å². The largest absolute Gasteiger partial charge is 0.390 e. The van der Waals surface area contributed by atoms with Gasteiger partial charge in [0.1, 0.15) is 24.1 Å². The Hall–Kier alpha value is -2.92. The van der Waals surface area contributed by atoms with Crippen molar-refractivity contribution in [2.45, 2.75) is 37.5 Å². The molecule has 1 aliphatic rings. The van der Waals surface area contributed by atoms with E-state index in [4.69, 9.17) is 5.73 Å². The summed E-state index contributed by atoms with van der Waals surface area (Å²) >= 11 is 4.84. The number of aryl methyl sites for hydroxylation is 1. The minimum atomic E-state index is -0.977. The number of nitrogens with two attached hydrogens (primary N) is 1. The number of aromatic nitrogens is 3. The van der Waals surface area contributed by atoms with Crippen LogP contribution in [0, 0.1) is 5.92 Å². The highest BCUT2D eigenvalue weighted by molar-refractivity contribution is 9.10. The number of benzene rings is 1. The molecule has 1 fully saturated rings. The molecule has 0 radical (unpaired) electrons. The highest BCUT2D eigenvalue weighted by Gasteiger charge is 2.41. The number of hydrogen-bond donors (Lipinski definition) is 4. The van der Waals surface area contributed by atoms with E-state index in [0.717, 1.165) is 27.4 Å². The number of thiophene rings is 1. The summed E-state index contributed by atoms with van der Waals surface area (Å²) in [7, 11) is 0. The molecule has 35 heavy (non-hydrogen) atoms. The lowest BCUT2D eigenvalue weighted by Gasteiger charge is -2.19. The normalized spacial score (nSPS) is 21.9. The molecule has 1 saturated carbocycles. The molecule has 0 saturated heterocycles. The molecule has 4 aromatic rings. The number of aliphatic hydroxyl groups excluding tert-OH is 2. The summed E-state index contributed by atoms with van der Waals surface area (Å²) < 4.78 is 0.767. The molecule has 5 N–H and O–H groups in total. The molecule has 0 amide bonds. The maximum Gasteiger partial charge on any atom is 0.199 e. The van der Waals surface area contributed by atoms with Crippen molar-refractivity contribution in [2.75, 3.05) is 11.1 Å². The zero-order chi connectivity index (χ0) is 24.5. The molecule has 3 heterocycles. The SMILES string of the molecule is Nc1nc2cc(CC[C@H]3C[C@@H](Nc4ncncc4C(=O)c4ccsc4)[C@H](O)[C@@H]3O)ccc2cc1Br. The van der Waals surface area contributed by atoms with Crippen LogP contribution in [0.15, 0.2) is 58.1 Å². The predicted octanol–water partition coefficient (Wildman–Crippen LogP) is 3.82. The van der Waals surface area contributed by atoms with E-state index in [0.29, 0.717) is 35.6 Å². The van der Waals surface area contributed by atoms with Gasteiger partial charge in [-0.15, -0.1) is 0 Å². The summed E-state index contributed by atoms with van der Waals surface area (Å²) in [6.45, 7) is 0. The standard InChI is InChI=1S/C25H24BrN5O3S/c26-18-8-14-3-1-13(7-19(14)30-24(18)27)2-4-15-9-20(23(34)22(15)33)31-25-17(10-28-12-29-25)21(32)16-5-6-35-11-16/h1,3,5-8,10-12,15,20,22-23,33-34H,2,4,9H2,(H2,27,30)(H,28,29,31)/t15-,20+,22+,23-/m0/s1. The van der Waals surface area contributed by atoms with Crippen LogP contribution in [0.3, 0.4) is 0 Å². The molecule has 3 aromatic heterocycles. The first-order valence-electron chi connectivity index (χ1n) is 11.2. The van der Waals surface area contributed by atoms with Crippen LogP contribution in [-0.2, 0) is 6.42 Å². The Bertz CT molecular complexity index is 1370. The number of halogens is 1. The Morgan fingerprint density at radius 2 is 2.09 bits per heavy atom. The van der Waals surface area contributed by atoms with Gasteiger partial charge in [-0.05, 0) is 70.3 Å². The lowest BCUT2D eigenvalue weighted by atomic mass is 9.95. The second-order valence-corrected chi connectivity index (χ2v) is 10.4. The number of carbonyl (C=O) groups excluding carboxylic acids is 1. The van der Waals surface area contributed by atoms with E-state index in [1.54, 1.807) is 11.4 Å². The van der Waals surface area contributed by atoms with Crippen molar-refractivity contribution in [3.63, 3.8) is 0 Å². The molecular weight excluding hydrogens is 530 g/mol. The zero-order valence-corrected chi connectivity index (χ0v) is 21.0. The first kappa shape index (κ1) is 23.8. The fraction of sp³-hybridized carbons (Fsp3) is 0.280. The zero-order valence-electron chi connectivity index (χ0n) is 18.6. The maximum absolute atomic E-state index is 12.9. The van der Waals surface area contributed by atoms with Crippen molar-refractivity contribution in [1.29, 1.82) is 0 Å². The van der Waals surface area contributed by atoms with E-state index >= 15 is 0 Å². The van der Waals surface area contributed by atoms with Crippen LogP contribution in [0.25, 0.3) is 10.9 Å². The summed E-state index contributed by atoms with van der Waals surface area (Å²) in [4.78, 5) is 25.5. The van der Waals surface area contributed by atoms with Crippen LogP contribution in [0.4, 0.5) is 11.6 Å². The van der Waals surface area contributed by atoms with Gasteiger partial charge in [-0.25, -0.2) is 15.0 Å². The van der Waals surface area contributed by atoms with Gasteiger partial charge in [0.15, 0.2) is 5.78 Å². The third-order valence-corrected chi connectivity index (χ3v) is 7.85. The molecule has 180 valence electrons. The molecule has 8 nitrogen and oxygen atoms in total. The van der Waals surface area contributed by atoms with E-state index in [-0.39, 0.29) is 11.7 Å². The van der Waals surface area contributed by atoms with Crippen molar-refractivity contribution in [3.8, 4) is 0 Å². The first-order valence-corrected chi connectivity index (χ1v) is 13.0. The highest BCUT2D eigenvalue weighted by Crippen LogP contribution is 2.33. The Morgan fingerprint density at radius 1 is 1.23 bits per heavy atom. The Labute approximate surface area is 214 Å². The molecule has 0 spiro atoms. The number of ketones is 1. The third-order valence-electron chi connectivity index (χ3n) is 6.53. The second-order valence-electron chi connectivity index (χ2n) is 8.78. The van der Waals surface area contributed by atoms with Gasteiger partial charge < -0.3 is 21.3 Å². The molecule has 4 atom stereocenters. The lowest BCUT2D eigenvalue weighted by molar-refractivity contribution is 0.0158. The monoisotopic (exact) mass is 553 g/mol. The van der Waals surface area contributed by atoms with Crippen molar-refractivity contribution in [2.24, 2.45) is 5.92 Å². The average molecular weight is 554 g/mol. The van der Waals surface area contributed by atoms with Gasteiger partial charge in [0, 0.05) is 22.5 Å². The van der Waals surface area contributed by atoms with Gasteiger partial charge in [0.2, 0.25) is 0 Å². The van der Waals surface area contributed by atoms with Gasteiger partial charge in [0.25, 0.3) is 0 Å². The molecule has 5 rings (SSSR count). The van der Waals surface area contributed by atoms with Gasteiger partial charge >= 0.3 is 0 Å². The maximum atomic E-state index is 12.9. The van der Waals surface area contributed by atoms with E-state index in [1.807, 2.05) is 29.6 Å². The van der Waals surface area contributed by atoms with Gasteiger partial charge in [-0.1, -0.05) is 12.1 Å². The lowest BCUT2D eigenvalue weighted by Crippen LogP contribution is -2.35. The number of nitrogens with zero attached hydrogens (tertiary/aromatic N) is 3.